The molecule has 95 valence electrons. The van der Waals surface area contributed by atoms with E-state index in [-0.39, 0.29) is 0 Å². The summed E-state index contributed by atoms with van der Waals surface area (Å²) in [6.45, 7) is 2.27. The third-order valence-electron chi connectivity index (χ3n) is 3.13. The molecule has 16 heavy (non-hydrogen) atoms. The van der Waals surface area contributed by atoms with Crippen molar-refractivity contribution in [1.29, 1.82) is 0 Å². The summed E-state index contributed by atoms with van der Waals surface area (Å²) in [4.78, 5) is 9.96. The van der Waals surface area contributed by atoms with Gasteiger partial charge in [-0.15, -0.1) is 0 Å². The number of unbranched alkanes of at least 4 members (excludes halogenated alkanes) is 12. The van der Waals surface area contributed by atoms with Crippen LogP contribution in [-0.2, 0) is 4.79 Å². The molecule has 0 rings (SSSR count). The predicted molar refractivity (Wildman–Crippen MR) is 71.4 cm³/mol. The highest BCUT2D eigenvalue weighted by Gasteiger charge is 1.93. The van der Waals surface area contributed by atoms with Crippen LogP contribution in [0, 0.1) is 0 Å². The van der Waals surface area contributed by atoms with Crippen LogP contribution in [-0.4, -0.2) is 6.29 Å². The van der Waals surface area contributed by atoms with Crippen LogP contribution in [0.1, 0.15) is 90.4 Å². The first-order chi connectivity index (χ1) is 7.91. The summed E-state index contributed by atoms with van der Waals surface area (Å²) in [5.74, 6) is 0. The summed E-state index contributed by atoms with van der Waals surface area (Å²) in [5, 5.41) is 0. The second-order valence-corrected chi connectivity index (χ2v) is 4.78. The molecule has 0 aliphatic rings. The van der Waals surface area contributed by atoms with Crippen molar-refractivity contribution in [3.8, 4) is 0 Å². The second-order valence-electron chi connectivity index (χ2n) is 4.78. The quantitative estimate of drug-likeness (QED) is 0.394. The molecule has 0 saturated carbocycles. The molecule has 0 N–H and O–H groups in total. The average molecular weight is 225 g/mol. The maximum absolute atomic E-state index is 9.96. The van der Waals surface area contributed by atoms with E-state index in [0.29, 0.717) is 6.42 Å². The highest BCUT2D eigenvalue weighted by Crippen LogP contribution is 2.11. The Morgan fingerprint density at radius 2 is 1.00 bits per heavy atom. The van der Waals surface area contributed by atoms with Crippen LogP contribution in [0.25, 0.3) is 0 Å². The van der Waals surface area contributed by atoms with Crippen LogP contribution < -0.4 is 0 Å². The van der Waals surface area contributed by atoms with Crippen molar-refractivity contribution < 1.29 is 4.79 Å². The molecule has 0 aliphatic carbocycles. The smallest absolute Gasteiger partial charge is 0.198 e. The monoisotopic (exact) mass is 225 g/mol. The van der Waals surface area contributed by atoms with Gasteiger partial charge in [-0.3, -0.25) is 4.79 Å². The summed E-state index contributed by atoms with van der Waals surface area (Å²) in [7, 11) is 0. The lowest BCUT2D eigenvalue weighted by Crippen LogP contribution is -1.83. The summed E-state index contributed by atoms with van der Waals surface area (Å²) < 4.78 is 0. The summed E-state index contributed by atoms with van der Waals surface area (Å²) in [6, 6.07) is 0. The summed E-state index contributed by atoms with van der Waals surface area (Å²) >= 11 is 0. The summed E-state index contributed by atoms with van der Waals surface area (Å²) in [6.07, 6.45) is 18.8. The molecule has 0 bridgehead atoms. The van der Waals surface area contributed by atoms with E-state index >= 15 is 0 Å². The first-order valence-corrected chi connectivity index (χ1v) is 7.26. The molecular weight excluding hydrogens is 196 g/mol. The van der Waals surface area contributed by atoms with Crippen LogP contribution in [0.4, 0.5) is 0 Å². The molecule has 0 unspecified atom stereocenters. The first-order valence-electron chi connectivity index (χ1n) is 7.26. The molecule has 0 spiro atoms. The van der Waals surface area contributed by atoms with Crippen LogP contribution >= 0.6 is 0 Å². The van der Waals surface area contributed by atoms with Crippen molar-refractivity contribution in [3.05, 3.63) is 0 Å². The van der Waals surface area contributed by atoms with Crippen molar-refractivity contribution in [3.63, 3.8) is 0 Å². The number of carbonyl (C=O) groups excluding carboxylic acids is 1. The van der Waals surface area contributed by atoms with Gasteiger partial charge < -0.3 is 0 Å². The zero-order valence-corrected chi connectivity index (χ0v) is 11.1. The van der Waals surface area contributed by atoms with Crippen LogP contribution in [0.2, 0.25) is 0 Å². The minimum Gasteiger partial charge on any atom is -0.291 e. The zero-order valence-electron chi connectivity index (χ0n) is 11.1. The van der Waals surface area contributed by atoms with Gasteiger partial charge in [-0.25, -0.2) is 0 Å². The first kappa shape index (κ1) is 15.7. The van der Waals surface area contributed by atoms with E-state index in [1.165, 1.54) is 70.6 Å². The second kappa shape index (κ2) is 14.7. The van der Waals surface area contributed by atoms with E-state index in [9.17, 15) is 4.79 Å². The number of hydrogen-bond donors (Lipinski definition) is 0. The Morgan fingerprint density at radius 1 is 0.625 bits per heavy atom. The fraction of sp³-hybridized carbons (Fsp3) is 0.933. The van der Waals surface area contributed by atoms with Gasteiger partial charge in [0.15, 0.2) is 6.29 Å². The molecule has 0 aliphatic heterocycles. The lowest BCUT2D eigenvalue weighted by atomic mass is 10.0. The van der Waals surface area contributed by atoms with E-state index in [4.69, 9.17) is 0 Å². The molecule has 1 heteroatoms. The van der Waals surface area contributed by atoms with Gasteiger partial charge in [-0.1, -0.05) is 77.6 Å². The maximum atomic E-state index is 9.96. The largest absolute Gasteiger partial charge is 0.291 e. The van der Waals surface area contributed by atoms with Gasteiger partial charge in [0.05, 0.1) is 0 Å². The molecule has 0 amide bonds. The topological polar surface area (TPSA) is 17.1 Å². The molecule has 0 atom stereocenters. The van der Waals surface area contributed by atoms with E-state index in [1.54, 1.807) is 0 Å². The lowest BCUT2D eigenvalue weighted by Gasteiger charge is -2.01. The van der Waals surface area contributed by atoms with Crippen molar-refractivity contribution >= 4 is 6.29 Å². The van der Waals surface area contributed by atoms with Gasteiger partial charge in [-0.2, -0.15) is 0 Å². The Balaban J connectivity index is 2.85. The fourth-order valence-electron chi connectivity index (χ4n) is 2.04. The minimum absolute atomic E-state index is 0.636. The van der Waals surface area contributed by atoms with E-state index in [2.05, 4.69) is 6.92 Å². The molecule has 0 heterocycles. The highest BCUT2D eigenvalue weighted by molar-refractivity contribution is 5.50. The standard InChI is InChI=1S/C15H29O/c1-2-3-4-5-6-7-8-9-10-11-12-13-14-15-16/h2-14H2,1H3. The lowest BCUT2D eigenvalue weighted by molar-refractivity contribution is 0.533. The average Bonchev–Trinajstić information content (AvgIpc) is 2.31. The minimum atomic E-state index is 0.636. The number of rotatable bonds is 13. The SMILES string of the molecule is CCCCCCCCCCCCCC[C]=O. The van der Waals surface area contributed by atoms with Gasteiger partial charge in [0.25, 0.3) is 0 Å². The van der Waals surface area contributed by atoms with Gasteiger partial charge >= 0.3 is 0 Å². The van der Waals surface area contributed by atoms with Crippen LogP contribution in [0.5, 0.6) is 0 Å². The number of hydrogen-bond acceptors (Lipinski definition) is 1. The van der Waals surface area contributed by atoms with Crippen molar-refractivity contribution in [1.82, 2.24) is 0 Å². The van der Waals surface area contributed by atoms with E-state index in [1.807, 2.05) is 6.29 Å². The Kier molecular flexibility index (Phi) is 14.4. The Morgan fingerprint density at radius 3 is 1.38 bits per heavy atom. The third kappa shape index (κ3) is 13.7. The van der Waals surface area contributed by atoms with Crippen molar-refractivity contribution in [2.24, 2.45) is 0 Å². The Labute approximate surface area is 102 Å². The Bertz CT molecular complexity index is 131. The molecule has 0 aromatic rings. The highest BCUT2D eigenvalue weighted by atomic mass is 16.1. The van der Waals surface area contributed by atoms with Crippen LogP contribution in [0.3, 0.4) is 0 Å². The predicted octanol–water partition coefficient (Wildman–Crippen LogP) is 5.19. The maximum Gasteiger partial charge on any atom is 0.198 e. The van der Waals surface area contributed by atoms with Gasteiger partial charge in [0, 0.05) is 6.42 Å². The molecule has 0 aromatic heterocycles. The molecule has 1 radical (unpaired) electrons. The van der Waals surface area contributed by atoms with Crippen molar-refractivity contribution in [2.75, 3.05) is 0 Å². The van der Waals surface area contributed by atoms with Gasteiger partial charge in [0.2, 0.25) is 0 Å². The summed E-state index contributed by atoms with van der Waals surface area (Å²) in [5.41, 5.74) is 0. The molecule has 0 aromatic carbocycles. The van der Waals surface area contributed by atoms with E-state index < -0.39 is 0 Å². The van der Waals surface area contributed by atoms with Crippen LogP contribution in [0.15, 0.2) is 0 Å². The van der Waals surface area contributed by atoms with Gasteiger partial charge in [0.1, 0.15) is 0 Å². The Hall–Kier alpha value is -0.330. The molecule has 0 fully saturated rings. The fourth-order valence-corrected chi connectivity index (χ4v) is 2.04. The van der Waals surface area contributed by atoms with E-state index in [0.717, 1.165) is 6.42 Å². The molecule has 0 saturated heterocycles. The zero-order chi connectivity index (χ0) is 11.9. The molecular formula is C15H29O. The van der Waals surface area contributed by atoms with Crippen molar-refractivity contribution in [2.45, 2.75) is 90.4 Å². The molecule has 1 nitrogen and oxygen atoms in total. The normalized spacial score (nSPS) is 10.6. The van der Waals surface area contributed by atoms with Gasteiger partial charge in [-0.05, 0) is 6.42 Å². The third-order valence-corrected chi connectivity index (χ3v) is 3.13.